The molecule has 1 aromatic heterocycles. The molecule has 5 nitrogen and oxygen atoms in total. The first kappa shape index (κ1) is 15.1. The second-order valence-electron chi connectivity index (χ2n) is 4.67. The van der Waals surface area contributed by atoms with Gasteiger partial charge in [0, 0.05) is 18.1 Å². The number of rotatable bonds is 4. The van der Waals surface area contributed by atoms with Crippen LogP contribution in [0.5, 0.6) is 0 Å². The normalized spacial score (nSPS) is 10.6. The van der Waals surface area contributed by atoms with Gasteiger partial charge in [-0.25, -0.2) is 24.6 Å². The lowest BCUT2D eigenvalue weighted by molar-refractivity contribution is 0.595. The number of hydrogen-bond acceptors (Lipinski definition) is 5. The molecule has 0 unspecified atom stereocenters. The predicted octanol–water partition coefficient (Wildman–Crippen LogP) is 2.96. The first-order valence-electron chi connectivity index (χ1n) is 6.53. The molecule has 4 N–H and O–H groups in total. The van der Waals surface area contributed by atoms with Gasteiger partial charge >= 0.3 is 0 Å². The van der Waals surface area contributed by atoms with E-state index in [2.05, 4.69) is 20.7 Å². The SMILES string of the molecule is CCc1nc(NN)c(C)c(Nc2cc(F)c(C)cc2F)n1. The van der Waals surface area contributed by atoms with E-state index in [0.29, 0.717) is 29.4 Å². The molecule has 7 heteroatoms. The summed E-state index contributed by atoms with van der Waals surface area (Å²) in [6.07, 6.45) is 0.592. The number of hydrazine groups is 1. The minimum atomic E-state index is -0.549. The topological polar surface area (TPSA) is 75.9 Å². The van der Waals surface area contributed by atoms with Gasteiger partial charge in [0.2, 0.25) is 0 Å². The van der Waals surface area contributed by atoms with Gasteiger partial charge in [0.05, 0.1) is 5.69 Å². The van der Waals surface area contributed by atoms with E-state index in [-0.39, 0.29) is 11.3 Å². The Kier molecular flexibility index (Phi) is 4.32. The van der Waals surface area contributed by atoms with Crippen LogP contribution < -0.4 is 16.6 Å². The quantitative estimate of drug-likeness (QED) is 0.597. The second-order valence-corrected chi connectivity index (χ2v) is 4.67. The van der Waals surface area contributed by atoms with Crippen molar-refractivity contribution in [1.82, 2.24) is 9.97 Å². The average molecular weight is 293 g/mol. The summed E-state index contributed by atoms with van der Waals surface area (Å²) in [5.74, 6) is 5.75. The Labute approximate surface area is 121 Å². The molecule has 0 aliphatic carbocycles. The van der Waals surface area contributed by atoms with Crippen molar-refractivity contribution >= 4 is 17.3 Å². The number of aryl methyl sites for hydroxylation is 2. The minimum Gasteiger partial charge on any atom is -0.337 e. The van der Waals surface area contributed by atoms with Gasteiger partial charge in [-0.1, -0.05) is 6.92 Å². The number of hydrogen-bond donors (Lipinski definition) is 3. The smallest absolute Gasteiger partial charge is 0.148 e. The zero-order valence-electron chi connectivity index (χ0n) is 12.1. The molecular formula is C14H17F2N5. The third-order valence-electron chi connectivity index (χ3n) is 3.15. The summed E-state index contributed by atoms with van der Waals surface area (Å²) >= 11 is 0. The fourth-order valence-corrected chi connectivity index (χ4v) is 1.85. The Bertz CT molecular complexity index is 673. The molecule has 2 rings (SSSR count). The summed E-state index contributed by atoms with van der Waals surface area (Å²) in [4.78, 5) is 8.49. The third-order valence-corrected chi connectivity index (χ3v) is 3.15. The van der Waals surface area contributed by atoms with Crippen LogP contribution in [0.25, 0.3) is 0 Å². The number of anilines is 3. The van der Waals surface area contributed by atoms with E-state index in [4.69, 9.17) is 5.84 Å². The highest BCUT2D eigenvalue weighted by Crippen LogP contribution is 2.26. The van der Waals surface area contributed by atoms with Crippen molar-refractivity contribution in [2.45, 2.75) is 27.2 Å². The molecule has 0 fully saturated rings. The lowest BCUT2D eigenvalue weighted by atomic mass is 10.2. The van der Waals surface area contributed by atoms with E-state index in [1.54, 1.807) is 6.92 Å². The molecule has 0 aliphatic heterocycles. The van der Waals surface area contributed by atoms with Crippen LogP contribution in [0.4, 0.5) is 26.1 Å². The molecule has 0 saturated carbocycles. The number of nitrogens with two attached hydrogens (primary N) is 1. The first-order valence-corrected chi connectivity index (χ1v) is 6.53. The van der Waals surface area contributed by atoms with Crippen LogP contribution in [-0.2, 0) is 6.42 Å². The maximum absolute atomic E-state index is 13.9. The Balaban J connectivity index is 2.46. The van der Waals surface area contributed by atoms with Crippen LogP contribution in [0.15, 0.2) is 12.1 Å². The van der Waals surface area contributed by atoms with E-state index in [9.17, 15) is 8.78 Å². The van der Waals surface area contributed by atoms with Gasteiger partial charge < -0.3 is 10.7 Å². The van der Waals surface area contributed by atoms with Crippen LogP contribution in [-0.4, -0.2) is 9.97 Å². The number of aromatic nitrogens is 2. The van der Waals surface area contributed by atoms with E-state index >= 15 is 0 Å². The molecule has 1 heterocycles. The largest absolute Gasteiger partial charge is 0.337 e. The fraction of sp³-hybridized carbons (Fsp3) is 0.286. The summed E-state index contributed by atoms with van der Waals surface area (Å²) in [5, 5.41) is 2.80. The van der Waals surface area contributed by atoms with E-state index in [1.807, 2.05) is 6.92 Å². The summed E-state index contributed by atoms with van der Waals surface area (Å²) < 4.78 is 27.5. The Morgan fingerprint density at radius 1 is 1.10 bits per heavy atom. The molecule has 2 aromatic rings. The van der Waals surface area contributed by atoms with Gasteiger partial charge in [-0.3, -0.25) is 0 Å². The zero-order valence-corrected chi connectivity index (χ0v) is 12.1. The molecule has 0 aliphatic rings. The van der Waals surface area contributed by atoms with Crippen molar-refractivity contribution in [3.05, 3.63) is 40.7 Å². The van der Waals surface area contributed by atoms with Crippen molar-refractivity contribution in [2.24, 2.45) is 5.84 Å². The van der Waals surface area contributed by atoms with Crippen molar-refractivity contribution in [2.75, 3.05) is 10.7 Å². The highest BCUT2D eigenvalue weighted by atomic mass is 19.1. The summed E-state index contributed by atoms with van der Waals surface area (Å²) in [6, 6.07) is 2.24. The lowest BCUT2D eigenvalue weighted by Gasteiger charge is -2.14. The first-order chi connectivity index (χ1) is 9.96. The Hall–Kier alpha value is -2.28. The molecule has 0 spiro atoms. The van der Waals surface area contributed by atoms with Gasteiger partial charge in [-0.2, -0.15) is 0 Å². The van der Waals surface area contributed by atoms with Crippen molar-refractivity contribution < 1.29 is 8.78 Å². The van der Waals surface area contributed by atoms with Crippen LogP contribution in [0, 0.1) is 25.5 Å². The van der Waals surface area contributed by atoms with Gasteiger partial charge in [0.25, 0.3) is 0 Å². The monoisotopic (exact) mass is 293 g/mol. The molecule has 21 heavy (non-hydrogen) atoms. The van der Waals surface area contributed by atoms with E-state index < -0.39 is 11.6 Å². The number of nitrogens with one attached hydrogen (secondary N) is 2. The van der Waals surface area contributed by atoms with Crippen molar-refractivity contribution in [1.29, 1.82) is 0 Å². The molecule has 0 amide bonds. The molecule has 0 saturated heterocycles. The number of halogens is 2. The maximum atomic E-state index is 13.9. The van der Waals surface area contributed by atoms with Gasteiger partial charge in [-0.15, -0.1) is 0 Å². The molecule has 0 atom stereocenters. The van der Waals surface area contributed by atoms with Gasteiger partial charge in [0.1, 0.15) is 29.1 Å². The summed E-state index contributed by atoms with van der Waals surface area (Å²) in [6.45, 7) is 5.13. The molecular weight excluding hydrogens is 276 g/mol. The van der Waals surface area contributed by atoms with Crippen LogP contribution in [0.1, 0.15) is 23.9 Å². The summed E-state index contributed by atoms with van der Waals surface area (Å²) in [7, 11) is 0. The van der Waals surface area contributed by atoms with Crippen molar-refractivity contribution in [3.8, 4) is 0 Å². The predicted molar refractivity (Wildman–Crippen MR) is 78.3 cm³/mol. The number of benzene rings is 1. The molecule has 0 bridgehead atoms. The molecule has 0 radical (unpaired) electrons. The van der Waals surface area contributed by atoms with Crippen LogP contribution >= 0.6 is 0 Å². The summed E-state index contributed by atoms with van der Waals surface area (Å²) in [5.41, 5.74) is 3.36. The standard InChI is InChI=1S/C14H17F2N5/c1-4-12-19-13(8(3)14(20-12)21-17)18-11-6-9(15)7(2)5-10(11)16/h5-6H,4,17H2,1-3H3,(H2,18,19,20,21). The van der Waals surface area contributed by atoms with Gasteiger partial charge in [0.15, 0.2) is 0 Å². The van der Waals surface area contributed by atoms with Crippen LogP contribution in [0.2, 0.25) is 0 Å². The highest BCUT2D eigenvalue weighted by Gasteiger charge is 2.13. The minimum absolute atomic E-state index is 0.0184. The lowest BCUT2D eigenvalue weighted by Crippen LogP contribution is -2.14. The Morgan fingerprint density at radius 3 is 2.38 bits per heavy atom. The van der Waals surface area contributed by atoms with E-state index in [1.165, 1.54) is 6.92 Å². The van der Waals surface area contributed by atoms with Crippen LogP contribution in [0.3, 0.4) is 0 Å². The maximum Gasteiger partial charge on any atom is 0.148 e. The second kappa shape index (κ2) is 6.01. The number of nitrogen functional groups attached to an aromatic ring is 1. The Morgan fingerprint density at radius 2 is 1.76 bits per heavy atom. The van der Waals surface area contributed by atoms with Gasteiger partial charge in [-0.05, 0) is 25.5 Å². The fourth-order valence-electron chi connectivity index (χ4n) is 1.85. The zero-order chi connectivity index (χ0) is 15.6. The average Bonchev–Trinajstić information content (AvgIpc) is 2.46. The molecule has 1 aromatic carbocycles. The van der Waals surface area contributed by atoms with Crippen molar-refractivity contribution in [3.63, 3.8) is 0 Å². The van der Waals surface area contributed by atoms with E-state index in [0.717, 1.165) is 12.1 Å². The molecule has 112 valence electrons. The number of nitrogens with zero attached hydrogens (tertiary/aromatic N) is 2. The highest BCUT2D eigenvalue weighted by molar-refractivity contribution is 5.65. The third kappa shape index (κ3) is 3.08.